The number of ether oxygens (including phenoxy) is 4. The first kappa shape index (κ1) is 24.2. The number of methoxy groups -OCH3 is 2. The molecule has 33 heavy (non-hydrogen) atoms. The predicted molar refractivity (Wildman–Crippen MR) is 127 cm³/mol. The summed E-state index contributed by atoms with van der Waals surface area (Å²) < 4.78 is 35.2. The van der Waals surface area contributed by atoms with Crippen molar-refractivity contribution >= 4 is 17.8 Å². The number of benzene rings is 3. The van der Waals surface area contributed by atoms with E-state index in [2.05, 4.69) is 10.5 Å². The third-order valence-corrected chi connectivity index (χ3v) is 4.94. The minimum atomic E-state index is -0.296. The van der Waals surface area contributed by atoms with Gasteiger partial charge in [0.15, 0.2) is 23.0 Å². The highest BCUT2D eigenvalue weighted by Gasteiger charge is 2.13. The number of hydrazone groups is 1. The van der Waals surface area contributed by atoms with Crippen LogP contribution >= 0.6 is 11.6 Å². The Bertz CT molecular complexity index is 1090. The van der Waals surface area contributed by atoms with Gasteiger partial charge in [-0.05, 0) is 60.0 Å². The van der Waals surface area contributed by atoms with Crippen molar-refractivity contribution in [1.82, 2.24) is 5.43 Å². The third-order valence-electron chi connectivity index (χ3n) is 4.66. The molecule has 0 atom stereocenters. The lowest BCUT2D eigenvalue weighted by Gasteiger charge is -2.14. The van der Waals surface area contributed by atoms with Gasteiger partial charge in [-0.2, -0.15) is 5.10 Å². The SMILES string of the molecule is CCOc1cc(/C=N/NCc2ccc(OC)c(OC)c2)cc(Cl)c1OCc1ccc(F)cc1. The summed E-state index contributed by atoms with van der Waals surface area (Å²) in [6.07, 6.45) is 1.65. The summed E-state index contributed by atoms with van der Waals surface area (Å²) in [5.74, 6) is 1.97. The monoisotopic (exact) mass is 472 g/mol. The largest absolute Gasteiger partial charge is 0.493 e. The Morgan fingerprint density at radius 1 is 0.909 bits per heavy atom. The van der Waals surface area contributed by atoms with Crippen molar-refractivity contribution in [3.8, 4) is 23.0 Å². The fourth-order valence-electron chi connectivity index (χ4n) is 3.05. The molecule has 3 aromatic carbocycles. The highest BCUT2D eigenvalue weighted by Crippen LogP contribution is 2.37. The predicted octanol–water partition coefficient (Wildman–Crippen LogP) is 5.60. The van der Waals surface area contributed by atoms with Crippen LogP contribution in [0.5, 0.6) is 23.0 Å². The van der Waals surface area contributed by atoms with E-state index in [1.165, 1.54) is 12.1 Å². The molecule has 3 rings (SSSR count). The van der Waals surface area contributed by atoms with Crippen molar-refractivity contribution in [3.05, 3.63) is 82.1 Å². The normalized spacial score (nSPS) is 10.8. The molecular weight excluding hydrogens is 447 g/mol. The molecule has 174 valence electrons. The molecule has 0 bridgehead atoms. The fraction of sp³-hybridized carbons (Fsp3) is 0.240. The maximum absolute atomic E-state index is 13.1. The molecule has 0 aliphatic rings. The van der Waals surface area contributed by atoms with Gasteiger partial charge in [0.25, 0.3) is 0 Å². The maximum atomic E-state index is 13.1. The van der Waals surface area contributed by atoms with Crippen LogP contribution < -0.4 is 24.4 Å². The molecule has 0 aliphatic carbocycles. The first-order valence-corrected chi connectivity index (χ1v) is 10.7. The number of rotatable bonds is 11. The van der Waals surface area contributed by atoms with Crippen molar-refractivity contribution in [2.45, 2.75) is 20.1 Å². The summed E-state index contributed by atoms with van der Waals surface area (Å²) in [7, 11) is 3.20. The number of hydrogen-bond acceptors (Lipinski definition) is 6. The van der Waals surface area contributed by atoms with E-state index in [-0.39, 0.29) is 12.4 Å². The van der Waals surface area contributed by atoms with Crippen LogP contribution in [0.3, 0.4) is 0 Å². The van der Waals surface area contributed by atoms with E-state index in [1.54, 1.807) is 44.7 Å². The van der Waals surface area contributed by atoms with Crippen LogP contribution in [0.25, 0.3) is 0 Å². The van der Waals surface area contributed by atoms with E-state index in [9.17, 15) is 4.39 Å². The Balaban J connectivity index is 1.66. The Kier molecular flexibility index (Phi) is 8.78. The Morgan fingerprint density at radius 3 is 2.33 bits per heavy atom. The molecule has 0 unspecified atom stereocenters. The van der Waals surface area contributed by atoms with Crippen LogP contribution in [0, 0.1) is 5.82 Å². The number of halogens is 2. The smallest absolute Gasteiger partial charge is 0.180 e. The molecule has 0 fully saturated rings. The van der Waals surface area contributed by atoms with Gasteiger partial charge in [0.05, 0.1) is 38.6 Å². The average Bonchev–Trinajstić information content (AvgIpc) is 2.82. The summed E-state index contributed by atoms with van der Waals surface area (Å²) in [5.41, 5.74) is 5.56. The zero-order valence-electron chi connectivity index (χ0n) is 18.7. The molecule has 8 heteroatoms. The minimum absolute atomic E-state index is 0.236. The zero-order valence-corrected chi connectivity index (χ0v) is 19.5. The van der Waals surface area contributed by atoms with E-state index in [1.807, 2.05) is 25.1 Å². The van der Waals surface area contributed by atoms with Crippen LogP contribution in [0.15, 0.2) is 59.7 Å². The molecule has 1 N–H and O–H groups in total. The standard InChI is InChI=1S/C25H26ClFN2O4/c1-4-32-24-13-19(11-21(26)25(24)33-16-17-5-8-20(27)9-6-17)15-29-28-14-18-7-10-22(30-2)23(12-18)31-3/h5-13,15,28H,4,14,16H2,1-3H3/b29-15+. The van der Waals surface area contributed by atoms with Gasteiger partial charge in [-0.1, -0.05) is 29.8 Å². The van der Waals surface area contributed by atoms with Gasteiger partial charge < -0.3 is 24.4 Å². The molecule has 0 radical (unpaired) electrons. The average molecular weight is 473 g/mol. The third kappa shape index (κ3) is 6.76. The Hall–Kier alpha value is -3.45. The Labute approximate surface area is 197 Å². The van der Waals surface area contributed by atoms with Gasteiger partial charge in [0, 0.05) is 0 Å². The van der Waals surface area contributed by atoms with Crippen LogP contribution in [0.4, 0.5) is 4.39 Å². The van der Waals surface area contributed by atoms with E-state index in [4.69, 9.17) is 30.5 Å². The van der Waals surface area contributed by atoms with Gasteiger partial charge in [-0.15, -0.1) is 0 Å². The molecule has 0 saturated carbocycles. The minimum Gasteiger partial charge on any atom is -0.493 e. The first-order chi connectivity index (χ1) is 16.0. The van der Waals surface area contributed by atoms with E-state index >= 15 is 0 Å². The van der Waals surface area contributed by atoms with Crippen LogP contribution in [-0.2, 0) is 13.2 Å². The summed E-state index contributed by atoms with van der Waals surface area (Å²) in [4.78, 5) is 0. The van der Waals surface area contributed by atoms with Gasteiger partial charge in [-0.25, -0.2) is 4.39 Å². The van der Waals surface area contributed by atoms with Crippen LogP contribution in [-0.4, -0.2) is 27.0 Å². The molecule has 0 saturated heterocycles. The lowest BCUT2D eigenvalue weighted by molar-refractivity contribution is 0.269. The summed E-state index contributed by atoms with van der Waals surface area (Å²) in [5, 5.41) is 4.66. The highest BCUT2D eigenvalue weighted by molar-refractivity contribution is 6.32. The molecule has 3 aromatic rings. The van der Waals surface area contributed by atoms with E-state index < -0.39 is 0 Å². The van der Waals surface area contributed by atoms with Crippen molar-refractivity contribution < 1.29 is 23.3 Å². The highest BCUT2D eigenvalue weighted by atomic mass is 35.5. The maximum Gasteiger partial charge on any atom is 0.180 e. The quantitative estimate of drug-likeness (QED) is 0.291. The molecule has 0 heterocycles. The zero-order chi connectivity index (χ0) is 23.6. The van der Waals surface area contributed by atoms with Crippen molar-refractivity contribution in [1.29, 1.82) is 0 Å². The van der Waals surface area contributed by atoms with Gasteiger partial charge in [-0.3, -0.25) is 0 Å². The van der Waals surface area contributed by atoms with Crippen LogP contribution in [0.1, 0.15) is 23.6 Å². The molecule has 0 aliphatic heterocycles. The second kappa shape index (κ2) is 12.0. The van der Waals surface area contributed by atoms with Crippen molar-refractivity contribution in [2.24, 2.45) is 5.10 Å². The molecule has 6 nitrogen and oxygen atoms in total. The van der Waals surface area contributed by atoms with E-state index in [0.717, 1.165) is 16.7 Å². The molecule has 0 amide bonds. The van der Waals surface area contributed by atoms with Crippen molar-refractivity contribution in [2.75, 3.05) is 20.8 Å². The Morgan fingerprint density at radius 2 is 1.64 bits per heavy atom. The van der Waals surface area contributed by atoms with Crippen LogP contribution in [0.2, 0.25) is 5.02 Å². The summed E-state index contributed by atoms with van der Waals surface area (Å²) in [6, 6.07) is 15.3. The summed E-state index contributed by atoms with van der Waals surface area (Å²) >= 11 is 6.46. The molecular formula is C25H26ClFN2O4. The second-order valence-electron chi connectivity index (χ2n) is 6.96. The molecule has 0 spiro atoms. The summed E-state index contributed by atoms with van der Waals surface area (Å²) in [6.45, 7) is 3.06. The molecule has 0 aromatic heterocycles. The van der Waals surface area contributed by atoms with Gasteiger partial charge in [0.1, 0.15) is 12.4 Å². The van der Waals surface area contributed by atoms with E-state index in [0.29, 0.717) is 41.2 Å². The first-order valence-electron chi connectivity index (χ1n) is 10.3. The van der Waals surface area contributed by atoms with Crippen molar-refractivity contribution in [3.63, 3.8) is 0 Å². The topological polar surface area (TPSA) is 61.3 Å². The second-order valence-corrected chi connectivity index (χ2v) is 7.37. The van der Waals surface area contributed by atoms with Gasteiger partial charge in [0.2, 0.25) is 0 Å². The lowest BCUT2D eigenvalue weighted by atomic mass is 10.2. The lowest BCUT2D eigenvalue weighted by Crippen LogP contribution is -2.06. The fourth-order valence-corrected chi connectivity index (χ4v) is 3.32. The number of nitrogens with one attached hydrogen (secondary N) is 1. The van der Waals surface area contributed by atoms with Gasteiger partial charge >= 0.3 is 0 Å². The number of nitrogens with zero attached hydrogens (tertiary/aromatic N) is 1. The number of hydrogen-bond donors (Lipinski definition) is 1.